The molecule has 2 aromatic heterocycles. The molecular formula is C19H26F2N4O3S. The highest BCUT2D eigenvalue weighted by Gasteiger charge is 2.21. The number of hydroxylamine groups is 1. The lowest BCUT2D eigenvalue weighted by molar-refractivity contribution is 0.0694. The molecule has 160 valence electrons. The second kappa shape index (κ2) is 9.10. The number of thiazole rings is 1. The molecule has 0 radical (unpaired) electrons. The van der Waals surface area contributed by atoms with E-state index in [0.29, 0.717) is 11.4 Å². The summed E-state index contributed by atoms with van der Waals surface area (Å²) in [5, 5.41) is 12.3. The number of nitrogens with one attached hydrogen (secondary N) is 2. The van der Waals surface area contributed by atoms with Crippen molar-refractivity contribution >= 4 is 17.2 Å². The number of aromatic nitrogens is 2. The first-order chi connectivity index (χ1) is 13.4. The SMILES string of the molecule is CC(C)(C)CNOc1cc(C(F)F)c(-c2cnc(C(=O)NCC(C)(C)O)s2)cn1. The number of hydrogen-bond donors (Lipinski definition) is 3. The van der Waals surface area contributed by atoms with Gasteiger partial charge in [-0.15, -0.1) is 11.3 Å². The van der Waals surface area contributed by atoms with Gasteiger partial charge >= 0.3 is 0 Å². The number of amides is 1. The number of carbonyl (C=O) groups excluding carboxylic acids is 1. The lowest BCUT2D eigenvalue weighted by Crippen LogP contribution is -2.38. The zero-order valence-corrected chi connectivity index (χ0v) is 17.9. The van der Waals surface area contributed by atoms with Gasteiger partial charge in [0.05, 0.1) is 10.5 Å². The van der Waals surface area contributed by atoms with Crippen molar-refractivity contribution in [2.45, 2.75) is 46.6 Å². The van der Waals surface area contributed by atoms with Gasteiger partial charge < -0.3 is 15.3 Å². The molecule has 3 N–H and O–H groups in total. The van der Waals surface area contributed by atoms with Crippen molar-refractivity contribution in [2.75, 3.05) is 13.1 Å². The van der Waals surface area contributed by atoms with Crippen LogP contribution in [0, 0.1) is 5.41 Å². The number of rotatable bonds is 8. The Kier molecular flexibility index (Phi) is 7.25. The molecule has 7 nitrogen and oxygen atoms in total. The Balaban J connectivity index is 2.17. The van der Waals surface area contributed by atoms with Crippen LogP contribution in [0.4, 0.5) is 8.78 Å². The Morgan fingerprint density at radius 1 is 1.21 bits per heavy atom. The van der Waals surface area contributed by atoms with Crippen LogP contribution >= 0.6 is 11.3 Å². The largest absolute Gasteiger partial charge is 0.389 e. The minimum absolute atomic E-state index is 0.0287. The zero-order chi connectivity index (χ0) is 21.8. The molecule has 1 amide bonds. The molecule has 0 fully saturated rings. The minimum Gasteiger partial charge on any atom is -0.389 e. The van der Waals surface area contributed by atoms with E-state index in [2.05, 4.69) is 20.8 Å². The zero-order valence-electron chi connectivity index (χ0n) is 17.0. The van der Waals surface area contributed by atoms with Crippen molar-refractivity contribution in [2.24, 2.45) is 5.41 Å². The normalized spacial score (nSPS) is 12.3. The molecule has 0 atom stereocenters. The highest BCUT2D eigenvalue weighted by Crippen LogP contribution is 2.35. The second-order valence-electron chi connectivity index (χ2n) is 8.42. The van der Waals surface area contributed by atoms with Gasteiger partial charge in [-0.2, -0.15) is 5.48 Å². The molecule has 0 aliphatic rings. The average molecular weight is 429 g/mol. The van der Waals surface area contributed by atoms with Crippen molar-refractivity contribution in [3.05, 3.63) is 29.0 Å². The van der Waals surface area contributed by atoms with E-state index in [1.807, 2.05) is 20.8 Å². The maximum absolute atomic E-state index is 13.6. The smallest absolute Gasteiger partial charge is 0.280 e. The number of nitrogens with zero attached hydrogens (tertiary/aromatic N) is 2. The minimum atomic E-state index is -2.76. The number of alkyl halides is 2. The Hall–Kier alpha value is -2.17. The van der Waals surface area contributed by atoms with Gasteiger partial charge in [0.25, 0.3) is 12.3 Å². The summed E-state index contributed by atoms with van der Waals surface area (Å²) in [4.78, 5) is 25.9. The van der Waals surface area contributed by atoms with Crippen molar-refractivity contribution in [3.8, 4) is 16.3 Å². The summed E-state index contributed by atoms with van der Waals surface area (Å²) in [6.07, 6.45) is -0.125. The summed E-state index contributed by atoms with van der Waals surface area (Å²) >= 11 is 0.969. The fraction of sp³-hybridized carbons (Fsp3) is 0.526. The Morgan fingerprint density at radius 3 is 2.48 bits per heavy atom. The fourth-order valence-corrected chi connectivity index (χ4v) is 2.96. The Bertz CT molecular complexity index is 845. The molecule has 2 aromatic rings. The monoisotopic (exact) mass is 428 g/mol. The fourth-order valence-electron chi connectivity index (χ4n) is 2.10. The number of halogens is 2. The highest BCUT2D eigenvalue weighted by atomic mass is 32.1. The van der Waals surface area contributed by atoms with Gasteiger partial charge in [0.15, 0.2) is 5.01 Å². The Labute approximate surface area is 172 Å². The Morgan fingerprint density at radius 2 is 1.90 bits per heavy atom. The maximum Gasteiger partial charge on any atom is 0.280 e. The van der Waals surface area contributed by atoms with Gasteiger partial charge in [-0.25, -0.2) is 18.7 Å². The summed E-state index contributed by atoms with van der Waals surface area (Å²) in [7, 11) is 0. The molecule has 2 heterocycles. The third kappa shape index (κ3) is 7.30. The first kappa shape index (κ1) is 23.1. The van der Waals surface area contributed by atoms with E-state index >= 15 is 0 Å². The number of carbonyl (C=O) groups is 1. The second-order valence-corrected chi connectivity index (χ2v) is 9.45. The van der Waals surface area contributed by atoms with Gasteiger partial charge in [-0.05, 0) is 19.3 Å². The lowest BCUT2D eigenvalue weighted by atomic mass is 9.98. The van der Waals surface area contributed by atoms with E-state index in [9.17, 15) is 18.7 Å². The predicted molar refractivity (Wildman–Crippen MR) is 107 cm³/mol. The van der Waals surface area contributed by atoms with Crippen LogP contribution in [0.2, 0.25) is 0 Å². The third-order valence-corrected chi connectivity index (χ3v) is 4.60. The number of pyridine rings is 1. The van der Waals surface area contributed by atoms with Gasteiger partial charge in [-0.1, -0.05) is 20.8 Å². The van der Waals surface area contributed by atoms with Gasteiger partial charge in [-0.3, -0.25) is 4.79 Å². The van der Waals surface area contributed by atoms with Crippen LogP contribution in [0.1, 0.15) is 56.4 Å². The number of aliphatic hydroxyl groups is 1. The quantitative estimate of drug-likeness (QED) is 0.556. The van der Waals surface area contributed by atoms with E-state index in [1.165, 1.54) is 18.5 Å². The van der Waals surface area contributed by atoms with E-state index in [0.717, 1.165) is 11.3 Å². The van der Waals surface area contributed by atoms with Crippen LogP contribution in [-0.2, 0) is 0 Å². The highest BCUT2D eigenvalue weighted by molar-refractivity contribution is 7.17. The molecule has 2 rings (SSSR count). The molecule has 0 saturated heterocycles. The van der Waals surface area contributed by atoms with Gasteiger partial charge in [0, 0.05) is 42.7 Å². The van der Waals surface area contributed by atoms with Crippen LogP contribution in [0.15, 0.2) is 18.5 Å². The van der Waals surface area contributed by atoms with Crippen LogP contribution in [0.25, 0.3) is 10.4 Å². The summed E-state index contributed by atoms with van der Waals surface area (Å²) in [5.41, 5.74) is 1.52. The topological polar surface area (TPSA) is 96.4 Å². The van der Waals surface area contributed by atoms with E-state index in [1.54, 1.807) is 13.8 Å². The van der Waals surface area contributed by atoms with Crippen molar-refractivity contribution < 1.29 is 23.5 Å². The molecule has 10 heteroatoms. The van der Waals surface area contributed by atoms with Crippen molar-refractivity contribution in [1.82, 2.24) is 20.8 Å². The van der Waals surface area contributed by atoms with Crippen LogP contribution < -0.4 is 15.6 Å². The summed E-state index contributed by atoms with van der Waals surface area (Å²) in [6, 6.07) is 1.17. The van der Waals surface area contributed by atoms with Crippen molar-refractivity contribution in [3.63, 3.8) is 0 Å². The average Bonchev–Trinajstić information content (AvgIpc) is 3.07. The van der Waals surface area contributed by atoms with E-state index in [4.69, 9.17) is 4.84 Å². The van der Waals surface area contributed by atoms with E-state index < -0.39 is 17.9 Å². The molecule has 0 aromatic carbocycles. The first-order valence-electron chi connectivity index (χ1n) is 9.00. The summed E-state index contributed by atoms with van der Waals surface area (Å²) in [5.74, 6) is -0.456. The predicted octanol–water partition coefficient (Wildman–Crippen LogP) is 3.57. The summed E-state index contributed by atoms with van der Waals surface area (Å²) in [6.45, 7) is 9.68. The maximum atomic E-state index is 13.6. The molecule has 0 unspecified atom stereocenters. The lowest BCUT2D eigenvalue weighted by Gasteiger charge is -2.18. The molecule has 0 saturated carbocycles. The van der Waals surface area contributed by atoms with Crippen LogP contribution in [0.3, 0.4) is 0 Å². The molecule has 0 aliphatic heterocycles. The standard InChI is InChI=1S/C19H26F2N4O3S/c1-18(2,3)9-25-28-14-6-11(15(20)21)12(7-22-14)13-8-23-17(29-13)16(26)24-10-19(4,5)27/h6-8,15,25,27H,9-10H2,1-5H3,(H,24,26). The van der Waals surface area contributed by atoms with Crippen molar-refractivity contribution in [1.29, 1.82) is 0 Å². The first-order valence-corrected chi connectivity index (χ1v) is 9.82. The summed E-state index contributed by atoms with van der Waals surface area (Å²) < 4.78 is 27.2. The van der Waals surface area contributed by atoms with Gasteiger partial charge in [0.1, 0.15) is 0 Å². The molecule has 0 aliphatic carbocycles. The number of hydrogen-bond acceptors (Lipinski definition) is 7. The third-order valence-electron chi connectivity index (χ3n) is 3.57. The molecule has 0 bridgehead atoms. The van der Waals surface area contributed by atoms with E-state index in [-0.39, 0.29) is 34.0 Å². The van der Waals surface area contributed by atoms with Crippen LogP contribution in [-0.4, -0.2) is 39.7 Å². The van der Waals surface area contributed by atoms with Gasteiger partial charge in [0.2, 0.25) is 5.88 Å². The molecule has 29 heavy (non-hydrogen) atoms. The van der Waals surface area contributed by atoms with Crippen LogP contribution in [0.5, 0.6) is 5.88 Å². The molecule has 0 spiro atoms. The molecular weight excluding hydrogens is 402 g/mol.